The Morgan fingerprint density at radius 2 is 1.14 bits per heavy atom. The second-order valence-corrected chi connectivity index (χ2v) is 8.01. The van der Waals surface area contributed by atoms with E-state index in [0.717, 1.165) is 12.8 Å². The van der Waals surface area contributed by atoms with Crippen molar-refractivity contribution in [3.05, 3.63) is 0 Å². The third-order valence-corrected chi connectivity index (χ3v) is 5.24. The highest BCUT2D eigenvalue weighted by Gasteiger charge is 2.13. The molecule has 0 aromatic rings. The van der Waals surface area contributed by atoms with E-state index in [9.17, 15) is 9.59 Å². The molecule has 3 N–H and O–H groups in total. The molecule has 0 aromatic heterocycles. The summed E-state index contributed by atoms with van der Waals surface area (Å²) < 4.78 is 5.10. The Labute approximate surface area is 172 Å². The molecule has 0 radical (unpaired) electrons. The SMILES string of the molecule is CCCCCCCCCCCCCCCCCCOC(=O)CC[C@H](N)C(=O)O. The van der Waals surface area contributed by atoms with Crippen molar-refractivity contribution in [1.29, 1.82) is 0 Å². The van der Waals surface area contributed by atoms with Gasteiger partial charge in [0.15, 0.2) is 0 Å². The van der Waals surface area contributed by atoms with Gasteiger partial charge in [0, 0.05) is 6.42 Å². The van der Waals surface area contributed by atoms with Crippen molar-refractivity contribution in [2.24, 2.45) is 5.73 Å². The maximum atomic E-state index is 11.5. The Hall–Kier alpha value is -1.10. The highest BCUT2D eigenvalue weighted by Crippen LogP contribution is 2.13. The van der Waals surface area contributed by atoms with Crippen molar-refractivity contribution < 1.29 is 19.4 Å². The van der Waals surface area contributed by atoms with Crippen LogP contribution in [-0.4, -0.2) is 29.7 Å². The normalized spacial score (nSPS) is 12.1. The summed E-state index contributed by atoms with van der Waals surface area (Å²) in [4.78, 5) is 22.0. The van der Waals surface area contributed by atoms with Crippen molar-refractivity contribution in [3.63, 3.8) is 0 Å². The van der Waals surface area contributed by atoms with Crippen LogP contribution in [0.4, 0.5) is 0 Å². The highest BCUT2D eigenvalue weighted by atomic mass is 16.5. The standard InChI is InChI=1S/C23H45NO4/c1-2-3-4-5-6-7-8-9-10-11-12-13-14-15-16-17-20-28-22(25)19-18-21(24)23(26)27/h21H,2-20,24H2,1H3,(H,26,27)/t21-/m0/s1. The number of hydrogen-bond donors (Lipinski definition) is 2. The van der Waals surface area contributed by atoms with Crippen molar-refractivity contribution in [2.45, 2.75) is 129 Å². The smallest absolute Gasteiger partial charge is 0.320 e. The lowest BCUT2D eigenvalue weighted by Gasteiger charge is -2.07. The van der Waals surface area contributed by atoms with Gasteiger partial charge >= 0.3 is 11.9 Å². The van der Waals surface area contributed by atoms with Crippen LogP contribution in [-0.2, 0) is 14.3 Å². The first-order valence-corrected chi connectivity index (χ1v) is 11.7. The largest absolute Gasteiger partial charge is 0.480 e. The Morgan fingerprint density at radius 3 is 1.54 bits per heavy atom. The van der Waals surface area contributed by atoms with E-state index in [2.05, 4.69) is 6.92 Å². The number of esters is 1. The number of rotatable bonds is 21. The summed E-state index contributed by atoms with van der Waals surface area (Å²) in [5.41, 5.74) is 5.35. The molecule has 0 amide bonds. The van der Waals surface area contributed by atoms with Gasteiger partial charge in [-0.25, -0.2) is 0 Å². The minimum Gasteiger partial charge on any atom is -0.480 e. The van der Waals surface area contributed by atoms with Gasteiger partial charge in [-0.05, 0) is 12.8 Å². The second kappa shape index (κ2) is 20.6. The number of carbonyl (C=O) groups excluding carboxylic acids is 1. The molecule has 0 heterocycles. The van der Waals surface area contributed by atoms with Gasteiger partial charge < -0.3 is 15.6 Å². The van der Waals surface area contributed by atoms with Gasteiger partial charge in [-0.1, -0.05) is 103 Å². The van der Waals surface area contributed by atoms with Crippen molar-refractivity contribution in [2.75, 3.05) is 6.61 Å². The molecule has 0 saturated carbocycles. The molecule has 0 aliphatic heterocycles. The molecule has 0 aliphatic rings. The minimum atomic E-state index is -1.08. The van der Waals surface area contributed by atoms with Crippen molar-refractivity contribution >= 4 is 11.9 Å². The molecule has 5 nitrogen and oxygen atoms in total. The maximum absolute atomic E-state index is 11.5. The van der Waals surface area contributed by atoms with E-state index < -0.39 is 12.0 Å². The zero-order valence-electron chi connectivity index (χ0n) is 18.3. The molecule has 28 heavy (non-hydrogen) atoms. The van der Waals surface area contributed by atoms with Crippen LogP contribution in [0.15, 0.2) is 0 Å². The number of ether oxygens (including phenoxy) is 1. The summed E-state index contributed by atoms with van der Waals surface area (Å²) in [5, 5.41) is 8.65. The number of aliphatic carboxylic acids is 1. The summed E-state index contributed by atoms with van der Waals surface area (Å²) in [6.07, 6.45) is 21.3. The first-order chi connectivity index (χ1) is 13.6. The molecule has 0 unspecified atom stereocenters. The van der Waals surface area contributed by atoms with Gasteiger partial charge in [-0.2, -0.15) is 0 Å². The van der Waals surface area contributed by atoms with Crippen LogP contribution in [0.1, 0.15) is 122 Å². The Balaban J connectivity index is 3.17. The van der Waals surface area contributed by atoms with Crippen molar-refractivity contribution in [1.82, 2.24) is 0 Å². The number of carbonyl (C=O) groups is 2. The van der Waals surface area contributed by atoms with Gasteiger partial charge in [0.25, 0.3) is 0 Å². The van der Waals surface area contributed by atoms with E-state index in [1.807, 2.05) is 0 Å². The van der Waals surface area contributed by atoms with Crippen LogP contribution in [0.25, 0.3) is 0 Å². The fourth-order valence-corrected chi connectivity index (χ4v) is 3.31. The van der Waals surface area contributed by atoms with E-state index in [1.165, 1.54) is 89.9 Å². The van der Waals surface area contributed by atoms with Crippen LogP contribution in [0, 0.1) is 0 Å². The number of carboxylic acids is 1. The fourth-order valence-electron chi connectivity index (χ4n) is 3.31. The van der Waals surface area contributed by atoms with E-state index in [1.54, 1.807) is 0 Å². The summed E-state index contributed by atoms with van der Waals surface area (Å²) in [6, 6.07) is -0.983. The highest BCUT2D eigenvalue weighted by molar-refractivity contribution is 5.75. The number of carboxylic acid groups (broad SMARTS) is 1. The molecule has 0 aliphatic carbocycles. The topological polar surface area (TPSA) is 89.6 Å². The van der Waals surface area contributed by atoms with Crippen LogP contribution in [0.3, 0.4) is 0 Å². The molecule has 0 rings (SSSR count). The van der Waals surface area contributed by atoms with E-state index in [0.29, 0.717) is 6.61 Å². The Morgan fingerprint density at radius 1 is 0.750 bits per heavy atom. The predicted molar refractivity (Wildman–Crippen MR) is 115 cm³/mol. The maximum Gasteiger partial charge on any atom is 0.320 e. The lowest BCUT2D eigenvalue weighted by Crippen LogP contribution is -2.30. The molecule has 1 atom stereocenters. The predicted octanol–water partition coefficient (Wildman–Crippen LogP) is 5.98. The number of unbranched alkanes of at least 4 members (excludes halogenated alkanes) is 15. The van der Waals surface area contributed by atoms with Crippen LogP contribution in [0.2, 0.25) is 0 Å². The molecule has 5 heteroatoms. The average Bonchev–Trinajstić information content (AvgIpc) is 2.68. The summed E-state index contributed by atoms with van der Waals surface area (Å²) in [6.45, 7) is 2.70. The Kier molecular flexibility index (Phi) is 19.8. The first kappa shape index (κ1) is 26.9. The Bertz CT molecular complexity index is 374. The molecule has 0 fully saturated rings. The van der Waals surface area contributed by atoms with Crippen LogP contribution < -0.4 is 5.73 Å². The van der Waals surface area contributed by atoms with Gasteiger partial charge in [0.1, 0.15) is 6.04 Å². The van der Waals surface area contributed by atoms with Gasteiger partial charge in [0.05, 0.1) is 6.61 Å². The quantitative estimate of drug-likeness (QED) is 0.183. The molecule has 0 spiro atoms. The molecule has 166 valence electrons. The van der Waals surface area contributed by atoms with Gasteiger partial charge in [-0.15, -0.1) is 0 Å². The van der Waals surface area contributed by atoms with E-state index in [-0.39, 0.29) is 18.8 Å². The molecule has 0 aromatic carbocycles. The number of nitrogens with two attached hydrogens (primary N) is 1. The molecule has 0 saturated heterocycles. The first-order valence-electron chi connectivity index (χ1n) is 11.7. The third kappa shape index (κ3) is 19.7. The average molecular weight is 400 g/mol. The minimum absolute atomic E-state index is 0.0757. The lowest BCUT2D eigenvalue weighted by atomic mass is 10.0. The second-order valence-electron chi connectivity index (χ2n) is 8.01. The zero-order chi connectivity index (χ0) is 20.9. The summed E-state index contributed by atoms with van der Waals surface area (Å²) in [7, 11) is 0. The zero-order valence-corrected chi connectivity index (χ0v) is 18.3. The third-order valence-electron chi connectivity index (χ3n) is 5.24. The molecular weight excluding hydrogens is 354 g/mol. The fraction of sp³-hybridized carbons (Fsp3) is 0.913. The van der Waals surface area contributed by atoms with Gasteiger partial charge in [0.2, 0.25) is 0 Å². The van der Waals surface area contributed by atoms with E-state index in [4.69, 9.17) is 15.6 Å². The number of hydrogen-bond acceptors (Lipinski definition) is 4. The lowest BCUT2D eigenvalue weighted by molar-refractivity contribution is -0.144. The van der Waals surface area contributed by atoms with Crippen molar-refractivity contribution in [3.8, 4) is 0 Å². The summed E-state index contributed by atoms with van der Waals surface area (Å²) >= 11 is 0. The van der Waals surface area contributed by atoms with Gasteiger partial charge in [-0.3, -0.25) is 9.59 Å². The monoisotopic (exact) mass is 399 g/mol. The molecule has 0 bridgehead atoms. The molecular formula is C23H45NO4. The van der Waals surface area contributed by atoms with E-state index >= 15 is 0 Å². The van der Waals surface area contributed by atoms with Crippen LogP contribution in [0.5, 0.6) is 0 Å². The van der Waals surface area contributed by atoms with Crippen LogP contribution >= 0.6 is 0 Å². The summed E-state index contributed by atoms with van der Waals surface area (Å²) in [5.74, 6) is -1.43.